The van der Waals surface area contributed by atoms with Crippen molar-refractivity contribution in [3.63, 3.8) is 0 Å². The third kappa shape index (κ3) is 3.93. The van der Waals surface area contributed by atoms with Gasteiger partial charge in [-0.25, -0.2) is 4.98 Å². The number of rotatable bonds is 6. The summed E-state index contributed by atoms with van der Waals surface area (Å²) in [5.41, 5.74) is 4.31. The zero-order chi connectivity index (χ0) is 24.9. The summed E-state index contributed by atoms with van der Waals surface area (Å²) in [7, 11) is 0. The number of nitrogens with zero attached hydrogens (tertiary/aromatic N) is 1. The van der Waals surface area contributed by atoms with Crippen molar-refractivity contribution in [3.05, 3.63) is 47.0 Å². The average Bonchev–Trinajstić information content (AvgIpc) is 3.43. The standard InChI is InChI=1S/C31H40N2O2S/c1-4-5-11-27(34)35-26-15-14-22-21-12-13-24-28-25(33-29(36-28)32-20-9-7-6-8-10-20)17-19-30(24,2)23(21)16-18-31(22,26)3/h6-10,13,21-23,26H,4-5,11-12,14-19H2,1-3H3,(H,32,33)/t21-,22-,23-,26-,30+,31-/m0/s1. The third-order valence-corrected chi connectivity index (χ3v) is 11.3. The lowest BCUT2D eigenvalue weighted by atomic mass is 9.48. The first-order valence-electron chi connectivity index (χ1n) is 14.1. The van der Waals surface area contributed by atoms with E-state index in [4.69, 9.17) is 9.72 Å². The number of thiazole rings is 1. The Kier molecular flexibility index (Phi) is 6.26. The minimum atomic E-state index is 0.0218. The number of para-hydroxylation sites is 1. The van der Waals surface area contributed by atoms with E-state index in [1.807, 2.05) is 17.4 Å². The number of unbranched alkanes of at least 4 members (excludes halogenated alkanes) is 1. The Morgan fingerprint density at radius 2 is 1.97 bits per heavy atom. The molecule has 0 radical (unpaired) electrons. The number of nitrogens with one attached hydrogen (secondary N) is 1. The van der Waals surface area contributed by atoms with Crippen LogP contribution in [-0.4, -0.2) is 17.1 Å². The topological polar surface area (TPSA) is 51.2 Å². The maximum absolute atomic E-state index is 12.5. The Labute approximate surface area is 219 Å². The molecule has 4 aliphatic rings. The van der Waals surface area contributed by atoms with Gasteiger partial charge in [0.2, 0.25) is 0 Å². The molecule has 0 bridgehead atoms. The first-order valence-corrected chi connectivity index (χ1v) is 15.0. The molecule has 1 N–H and O–H groups in total. The molecule has 4 nitrogen and oxygen atoms in total. The Morgan fingerprint density at radius 1 is 1.14 bits per heavy atom. The molecule has 1 aromatic carbocycles. The van der Waals surface area contributed by atoms with Gasteiger partial charge in [-0.05, 0) is 92.2 Å². The summed E-state index contributed by atoms with van der Waals surface area (Å²) in [5, 5.41) is 4.54. The van der Waals surface area contributed by atoms with Gasteiger partial charge in [-0.2, -0.15) is 0 Å². The minimum Gasteiger partial charge on any atom is -0.462 e. The first-order chi connectivity index (χ1) is 17.4. The quantitative estimate of drug-likeness (QED) is 0.403. The number of benzene rings is 1. The van der Waals surface area contributed by atoms with Gasteiger partial charge in [-0.1, -0.05) is 62.8 Å². The molecule has 1 heterocycles. The van der Waals surface area contributed by atoms with Gasteiger partial charge >= 0.3 is 5.97 Å². The van der Waals surface area contributed by atoms with Crippen molar-refractivity contribution >= 4 is 33.7 Å². The van der Waals surface area contributed by atoms with Crippen LogP contribution in [0.1, 0.15) is 89.1 Å². The molecule has 2 saturated carbocycles. The van der Waals surface area contributed by atoms with E-state index >= 15 is 0 Å². The number of aromatic nitrogens is 1. The highest BCUT2D eigenvalue weighted by molar-refractivity contribution is 7.16. The van der Waals surface area contributed by atoms with Crippen LogP contribution in [0, 0.1) is 28.6 Å². The molecular weight excluding hydrogens is 464 g/mol. The molecule has 2 aromatic rings. The van der Waals surface area contributed by atoms with E-state index in [0.717, 1.165) is 42.9 Å². The highest BCUT2D eigenvalue weighted by atomic mass is 32.1. The number of allylic oxidation sites excluding steroid dienone is 2. The second-order valence-electron chi connectivity index (χ2n) is 12.1. The van der Waals surface area contributed by atoms with Crippen molar-refractivity contribution < 1.29 is 9.53 Å². The van der Waals surface area contributed by atoms with Crippen LogP contribution >= 0.6 is 11.3 Å². The zero-order valence-electron chi connectivity index (χ0n) is 22.0. The molecule has 6 atom stereocenters. The van der Waals surface area contributed by atoms with Crippen LogP contribution in [0.2, 0.25) is 0 Å². The van der Waals surface area contributed by atoms with E-state index in [1.54, 1.807) is 5.57 Å². The Morgan fingerprint density at radius 3 is 2.78 bits per heavy atom. The Balaban J connectivity index is 1.23. The number of hydrogen-bond acceptors (Lipinski definition) is 5. The Hall–Kier alpha value is -2.14. The normalized spacial score (nSPS) is 34.6. The molecule has 0 unspecified atom stereocenters. The second kappa shape index (κ2) is 9.31. The summed E-state index contributed by atoms with van der Waals surface area (Å²) >= 11 is 1.84. The Bertz CT molecular complexity index is 1160. The molecular formula is C31H40N2O2S. The van der Waals surface area contributed by atoms with Gasteiger partial charge in [-0.15, -0.1) is 0 Å². The number of esters is 1. The van der Waals surface area contributed by atoms with Crippen molar-refractivity contribution in [2.45, 2.75) is 91.1 Å². The van der Waals surface area contributed by atoms with Gasteiger partial charge in [0.25, 0.3) is 0 Å². The summed E-state index contributed by atoms with van der Waals surface area (Å²) in [6.45, 7) is 7.11. The number of carbonyl (C=O) groups excluding carboxylic acids is 1. The van der Waals surface area contributed by atoms with E-state index in [9.17, 15) is 4.79 Å². The van der Waals surface area contributed by atoms with Crippen molar-refractivity contribution in [2.75, 3.05) is 5.32 Å². The van der Waals surface area contributed by atoms with Crippen LogP contribution in [0.4, 0.5) is 10.8 Å². The summed E-state index contributed by atoms with van der Waals surface area (Å²) in [6.07, 6.45) is 13.3. The van der Waals surface area contributed by atoms with E-state index in [1.165, 1.54) is 36.3 Å². The largest absolute Gasteiger partial charge is 0.462 e. The van der Waals surface area contributed by atoms with E-state index in [0.29, 0.717) is 24.2 Å². The van der Waals surface area contributed by atoms with Crippen LogP contribution in [-0.2, 0) is 16.0 Å². The highest BCUT2D eigenvalue weighted by Crippen LogP contribution is 2.66. The molecule has 6 rings (SSSR count). The van der Waals surface area contributed by atoms with Gasteiger partial charge in [0.15, 0.2) is 5.13 Å². The number of anilines is 2. The van der Waals surface area contributed by atoms with Gasteiger partial charge in [0.1, 0.15) is 6.10 Å². The van der Waals surface area contributed by atoms with Crippen molar-refractivity contribution in [2.24, 2.45) is 28.6 Å². The van der Waals surface area contributed by atoms with Gasteiger partial charge in [0, 0.05) is 17.5 Å². The van der Waals surface area contributed by atoms with Crippen LogP contribution in [0.3, 0.4) is 0 Å². The fourth-order valence-electron chi connectivity index (χ4n) is 8.26. The number of carbonyl (C=O) groups is 1. The fraction of sp³-hybridized carbons (Fsp3) is 0.613. The zero-order valence-corrected chi connectivity index (χ0v) is 22.8. The van der Waals surface area contributed by atoms with Gasteiger partial charge in [-0.3, -0.25) is 4.79 Å². The van der Waals surface area contributed by atoms with Gasteiger partial charge < -0.3 is 10.1 Å². The first kappa shape index (κ1) is 24.2. The van der Waals surface area contributed by atoms with Crippen molar-refractivity contribution in [3.8, 4) is 0 Å². The van der Waals surface area contributed by atoms with Crippen molar-refractivity contribution in [1.29, 1.82) is 0 Å². The van der Waals surface area contributed by atoms with E-state index < -0.39 is 0 Å². The second-order valence-corrected chi connectivity index (χ2v) is 13.1. The fourth-order valence-corrected chi connectivity index (χ4v) is 9.47. The smallest absolute Gasteiger partial charge is 0.306 e. The number of aryl methyl sites for hydroxylation is 1. The van der Waals surface area contributed by atoms with E-state index in [-0.39, 0.29) is 22.9 Å². The highest BCUT2D eigenvalue weighted by Gasteiger charge is 2.60. The summed E-state index contributed by atoms with van der Waals surface area (Å²) < 4.78 is 6.13. The van der Waals surface area contributed by atoms with E-state index in [2.05, 4.69) is 56.4 Å². The molecule has 4 aliphatic carbocycles. The monoisotopic (exact) mass is 504 g/mol. The minimum absolute atomic E-state index is 0.0218. The molecule has 2 fully saturated rings. The summed E-state index contributed by atoms with van der Waals surface area (Å²) in [4.78, 5) is 18.9. The molecule has 5 heteroatoms. The average molecular weight is 505 g/mol. The summed E-state index contributed by atoms with van der Waals surface area (Å²) in [5.74, 6) is 2.10. The molecule has 36 heavy (non-hydrogen) atoms. The molecule has 0 amide bonds. The molecule has 0 saturated heterocycles. The van der Waals surface area contributed by atoms with Gasteiger partial charge in [0.05, 0.1) is 10.6 Å². The van der Waals surface area contributed by atoms with Crippen molar-refractivity contribution in [1.82, 2.24) is 4.98 Å². The third-order valence-electron chi connectivity index (χ3n) is 10.2. The molecule has 0 spiro atoms. The maximum Gasteiger partial charge on any atom is 0.306 e. The number of hydrogen-bond donors (Lipinski definition) is 1. The predicted octanol–water partition coefficient (Wildman–Crippen LogP) is 8.17. The number of fused-ring (bicyclic) bond motifs is 7. The van der Waals surface area contributed by atoms with Crippen LogP contribution < -0.4 is 5.32 Å². The lowest BCUT2D eigenvalue weighted by Gasteiger charge is -2.56. The molecule has 1 aromatic heterocycles. The number of ether oxygens (including phenoxy) is 1. The molecule has 192 valence electrons. The maximum atomic E-state index is 12.5. The lowest BCUT2D eigenvalue weighted by Crippen LogP contribution is -2.50. The van der Waals surface area contributed by atoms with Crippen LogP contribution in [0.5, 0.6) is 0 Å². The molecule has 0 aliphatic heterocycles. The summed E-state index contributed by atoms with van der Waals surface area (Å²) in [6, 6.07) is 10.4. The van der Waals surface area contributed by atoms with Crippen LogP contribution in [0.25, 0.3) is 5.57 Å². The predicted molar refractivity (Wildman–Crippen MR) is 147 cm³/mol. The lowest BCUT2D eigenvalue weighted by molar-refractivity contribution is -0.159. The van der Waals surface area contributed by atoms with Crippen LogP contribution in [0.15, 0.2) is 36.4 Å². The SMILES string of the molecule is CCCCC(=O)O[C@H]1CC[C@H]2[C@@H]3CC=C4c5sc(Nc6ccccc6)nc5CC[C@]4(C)[C@H]3CC[C@]12C.